The summed E-state index contributed by atoms with van der Waals surface area (Å²) in [7, 11) is 0. The molecule has 1 fully saturated rings. The van der Waals surface area contributed by atoms with E-state index in [1.54, 1.807) is 12.1 Å². The summed E-state index contributed by atoms with van der Waals surface area (Å²) in [5.74, 6) is 0.611. The third-order valence-corrected chi connectivity index (χ3v) is 3.11. The van der Waals surface area contributed by atoms with Crippen LogP contribution in [0, 0.1) is 11.7 Å². The van der Waals surface area contributed by atoms with Crippen LogP contribution in [0.5, 0.6) is 0 Å². The second-order valence-corrected chi connectivity index (χ2v) is 4.19. The van der Waals surface area contributed by atoms with Crippen LogP contribution in [0.3, 0.4) is 0 Å². The van der Waals surface area contributed by atoms with Crippen LogP contribution < -0.4 is 5.73 Å². The first-order valence-electron chi connectivity index (χ1n) is 5.27. The van der Waals surface area contributed by atoms with Gasteiger partial charge in [0.25, 0.3) is 0 Å². The largest absolute Gasteiger partial charge is 0.324 e. The first kappa shape index (κ1) is 9.66. The molecule has 14 heavy (non-hydrogen) atoms. The molecule has 0 bridgehead atoms. The topological polar surface area (TPSA) is 26.0 Å². The highest BCUT2D eigenvalue weighted by Crippen LogP contribution is 2.33. The summed E-state index contributed by atoms with van der Waals surface area (Å²) in [5, 5.41) is 0. The predicted octanol–water partition coefficient (Wildman–Crippen LogP) is 3.02. The monoisotopic (exact) mass is 193 g/mol. The van der Waals surface area contributed by atoms with Gasteiger partial charge < -0.3 is 5.73 Å². The van der Waals surface area contributed by atoms with Crippen molar-refractivity contribution in [1.82, 2.24) is 0 Å². The van der Waals surface area contributed by atoms with E-state index in [1.165, 1.54) is 31.4 Å². The summed E-state index contributed by atoms with van der Waals surface area (Å²) in [6.07, 6.45) is 5.02. The maximum atomic E-state index is 12.6. The lowest BCUT2D eigenvalue weighted by Crippen LogP contribution is -2.20. The van der Waals surface area contributed by atoms with Crippen molar-refractivity contribution in [2.75, 3.05) is 0 Å². The maximum Gasteiger partial charge on any atom is 0.123 e. The van der Waals surface area contributed by atoms with Gasteiger partial charge in [0.2, 0.25) is 0 Å². The van der Waals surface area contributed by atoms with Crippen LogP contribution in [-0.2, 0) is 0 Å². The lowest BCUT2D eigenvalue weighted by atomic mass is 9.80. The van der Waals surface area contributed by atoms with Crippen molar-refractivity contribution >= 4 is 0 Å². The summed E-state index contributed by atoms with van der Waals surface area (Å²) in [5.41, 5.74) is 7.09. The number of halogens is 1. The summed E-state index contributed by atoms with van der Waals surface area (Å²) in [4.78, 5) is 0. The molecule has 0 amide bonds. The van der Waals surface area contributed by atoms with E-state index < -0.39 is 0 Å². The first-order valence-corrected chi connectivity index (χ1v) is 5.27. The quantitative estimate of drug-likeness (QED) is 0.784. The molecule has 2 N–H and O–H groups in total. The molecular formula is C12H16FN. The fraction of sp³-hybridized carbons (Fsp3) is 0.500. The molecule has 1 atom stereocenters. The Morgan fingerprint density at radius 3 is 2.43 bits per heavy atom. The smallest absolute Gasteiger partial charge is 0.123 e. The van der Waals surface area contributed by atoms with Crippen LogP contribution in [-0.4, -0.2) is 0 Å². The second-order valence-electron chi connectivity index (χ2n) is 4.19. The molecule has 1 aromatic carbocycles. The zero-order chi connectivity index (χ0) is 9.97. The minimum Gasteiger partial charge on any atom is -0.324 e. The van der Waals surface area contributed by atoms with Crippen LogP contribution >= 0.6 is 0 Å². The molecule has 1 aromatic rings. The Labute approximate surface area is 84.1 Å². The highest BCUT2D eigenvalue weighted by molar-refractivity contribution is 5.19. The van der Waals surface area contributed by atoms with E-state index in [-0.39, 0.29) is 11.9 Å². The van der Waals surface area contributed by atoms with Crippen LogP contribution in [0.2, 0.25) is 0 Å². The van der Waals surface area contributed by atoms with Gasteiger partial charge in [0.05, 0.1) is 0 Å². The number of nitrogens with two attached hydrogens (primary N) is 1. The molecular weight excluding hydrogens is 177 g/mol. The van der Waals surface area contributed by atoms with Crippen molar-refractivity contribution in [3.05, 3.63) is 35.6 Å². The van der Waals surface area contributed by atoms with E-state index in [1.807, 2.05) is 0 Å². The van der Waals surface area contributed by atoms with Gasteiger partial charge in [-0.05, 0) is 30.0 Å². The molecule has 0 saturated heterocycles. The molecule has 0 heterocycles. The van der Waals surface area contributed by atoms with E-state index >= 15 is 0 Å². The van der Waals surface area contributed by atoms with Crippen molar-refractivity contribution in [1.29, 1.82) is 0 Å². The van der Waals surface area contributed by atoms with Crippen LogP contribution in [0.4, 0.5) is 4.39 Å². The lowest BCUT2D eigenvalue weighted by molar-refractivity contribution is 0.277. The Kier molecular flexibility index (Phi) is 2.82. The average Bonchev–Trinajstić information content (AvgIpc) is 2.12. The standard InChI is InChI=1S/C12H16FN/c13-11-6-4-10(5-7-11)12(14)8-9-2-1-3-9/h4-7,9,12H,1-3,8,14H2. The molecule has 1 aliphatic rings. The first-order chi connectivity index (χ1) is 6.75. The van der Waals surface area contributed by atoms with Gasteiger partial charge in [-0.3, -0.25) is 0 Å². The van der Waals surface area contributed by atoms with Gasteiger partial charge >= 0.3 is 0 Å². The van der Waals surface area contributed by atoms with Gasteiger partial charge in [0.1, 0.15) is 5.82 Å². The third kappa shape index (κ3) is 2.13. The molecule has 0 spiro atoms. The highest BCUT2D eigenvalue weighted by atomic mass is 19.1. The van der Waals surface area contributed by atoms with Crippen LogP contribution in [0.25, 0.3) is 0 Å². The minimum absolute atomic E-state index is 0.0842. The number of hydrogen-bond donors (Lipinski definition) is 1. The second kappa shape index (κ2) is 4.09. The molecule has 2 heteroatoms. The van der Waals surface area contributed by atoms with E-state index in [0.717, 1.165) is 17.9 Å². The van der Waals surface area contributed by atoms with Gasteiger partial charge in [-0.15, -0.1) is 0 Å². The fourth-order valence-electron chi connectivity index (χ4n) is 1.93. The molecule has 1 aliphatic carbocycles. The Balaban J connectivity index is 1.95. The Morgan fingerprint density at radius 2 is 1.93 bits per heavy atom. The van der Waals surface area contributed by atoms with Crippen molar-refractivity contribution in [2.45, 2.75) is 31.7 Å². The van der Waals surface area contributed by atoms with E-state index in [0.29, 0.717) is 0 Å². The molecule has 1 unspecified atom stereocenters. The van der Waals surface area contributed by atoms with Crippen molar-refractivity contribution in [3.8, 4) is 0 Å². The minimum atomic E-state index is -0.190. The predicted molar refractivity (Wildman–Crippen MR) is 55.3 cm³/mol. The molecule has 0 aromatic heterocycles. The lowest BCUT2D eigenvalue weighted by Gasteiger charge is -2.28. The molecule has 2 rings (SSSR count). The van der Waals surface area contributed by atoms with Gasteiger partial charge in [-0.25, -0.2) is 4.39 Å². The van der Waals surface area contributed by atoms with Crippen molar-refractivity contribution in [3.63, 3.8) is 0 Å². The van der Waals surface area contributed by atoms with Gasteiger partial charge in [-0.1, -0.05) is 31.4 Å². The Bertz CT molecular complexity index is 290. The third-order valence-electron chi connectivity index (χ3n) is 3.11. The number of rotatable bonds is 3. The van der Waals surface area contributed by atoms with Gasteiger partial charge in [-0.2, -0.15) is 0 Å². The van der Waals surface area contributed by atoms with Gasteiger partial charge in [0, 0.05) is 6.04 Å². The van der Waals surface area contributed by atoms with Crippen molar-refractivity contribution < 1.29 is 4.39 Å². The normalized spacial score (nSPS) is 19.0. The van der Waals surface area contributed by atoms with Crippen LogP contribution in [0.15, 0.2) is 24.3 Å². The van der Waals surface area contributed by atoms with Crippen LogP contribution in [0.1, 0.15) is 37.3 Å². The average molecular weight is 193 g/mol. The SMILES string of the molecule is NC(CC1CCC1)c1ccc(F)cc1. The summed E-state index contributed by atoms with van der Waals surface area (Å²) in [6.45, 7) is 0. The van der Waals surface area contributed by atoms with Crippen molar-refractivity contribution in [2.24, 2.45) is 11.7 Å². The zero-order valence-electron chi connectivity index (χ0n) is 8.25. The summed E-state index contributed by atoms with van der Waals surface area (Å²) >= 11 is 0. The molecule has 0 radical (unpaired) electrons. The maximum absolute atomic E-state index is 12.6. The number of hydrogen-bond acceptors (Lipinski definition) is 1. The summed E-state index contributed by atoms with van der Waals surface area (Å²) < 4.78 is 12.6. The van der Waals surface area contributed by atoms with Gasteiger partial charge in [0.15, 0.2) is 0 Å². The number of benzene rings is 1. The molecule has 1 saturated carbocycles. The highest BCUT2D eigenvalue weighted by Gasteiger charge is 2.20. The molecule has 1 nitrogen and oxygen atoms in total. The Hall–Kier alpha value is -0.890. The zero-order valence-corrected chi connectivity index (χ0v) is 8.25. The van der Waals surface area contributed by atoms with E-state index in [9.17, 15) is 4.39 Å². The van der Waals surface area contributed by atoms with E-state index in [2.05, 4.69) is 0 Å². The molecule has 76 valence electrons. The van der Waals surface area contributed by atoms with E-state index in [4.69, 9.17) is 5.73 Å². The fourth-order valence-corrected chi connectivity index (χ4v) is 1.93. The Morgan fingerprint density at radius 1 is 1.29 bits per heavy atom. The summed E-state index contributed by atoms with van der Waals surface area (Å²) in [6, 6.07) is 6.63. The molecule has 0 aliphatic heterocycles.